The van der Waals surface area contributed by atoms with E-state index >= 15 is 0 Å². The molecule has 0 spiro atoms. The van der Waals surface area contributed by atoms with E-state index in [1.807, 2.05) is 18.2 Å². The number of benzene rings is 2. The number of aromatic nitrogens is 1. The fourth-order valence-corrected chi connectivity index (χ4v) is 2.71. The normalized spacial score (nSPS) is 10.6. The molecule has 0 bridgehead atoms. The average molecular weight is 339 g/mol. The number of ether oxygens (including phenoxy) is 2. The summed E-state index contributed by atoms with van der Waals surface area (Å²) in [6.07, 6.45) is 1.79. The molecule has 0 aliphatic heterocycles. The van der Waals surface area contributed by atoms with E-state index in [-0.39, 0.29) is 11.2 Å². The third-order valence-corrected chi connectivity index (χ3v) is 4.06. The van der Waals surface area contributed by atoms with Gasteiger partial charge in [-0.05, 0) is 29.7 Å². The summed E-state index contributed by atoms with van der Waals surface area (Å²) in [7, 11) is 3.16. The molecule has 3 rings (SSSR count). The predicted molar refractivity (Wildman–Crippen MR) is 93.1 cm³/mol. The molecule has 0 saturated carbocycles. The molecule has 7 nitrogen and oxygen atoms in total. The molecule has 1 heterocycles. The number of hydrogen-bond acceptors (Lipinski definition) is 5. The van der Waals surface area contributed by atoms with Crippen LogP contribution in [0.1, 0.15) is 5.56 Å². The van der Waals surface area contributed by atoms with Crippen molar-refractivity contribution in [3.8, 4) is 11.5 Å². The molecule has 0 fully saturated rings. The summed E-state index contributed by atoms with van der Waals surface area (Å²) in [5.41, 5.74) is 1.06. The molecule has 1 aromatic heterocycles. The number of nitro benzene ring substituents is 1. The van der Waals surface area contributed by atoms with Crippen LogP contribution in [0, 0.1) is 15.5 Å². The van der Waals surface area contributed by atoms with E-state index in [0.29, 0.717) is 23.4 Å². The van der Waals surface area contributed by atoms with Crippen molar-refractivity contribution in [3.05, 3.63) is 69.8 Å². The largest absolute Gasteiger partial charge is 0.497 e. The Labute approximate surface area is 143 Å². The Morgan fingerprint density at radius 2 is 1.92 bits per heavy atom. The third kappa shape index (κ3) is 3.16. The van der Waals surface area contributed by atoms with Gasteiger partial charge in [-0.25, -0.2) is 0 Å². The van der Waals surface area contributed by atoms with Crippen molar-refractivity contribution < 1.29 is 14.4 Å². The summed E-state index contributed by atoms with van der Waals surface area (Å²) >= 11 is 0. The van der Waals surface area contributed by atoms with Crippen LogP contribution < -0.4 is 15.0 Å². The quantitative estimate of drug-likeness (QED) is 0.571. The van der Waals surface area contributed by atoms with Gasteiger partial charge in [0.05, 0.1) is 25.7 Å². The van der Waals surface area contributed by atoms with Gasteiger partial charge in [-0.1, -0.05) is 0 Å². The zero-order valence-corrected chi connectivity index (χ0v) is 13.9. The number of nitrogens with one attached hydrogen (secondary N) is 1. The molecule has 0 unspecified atom stereocenters. The van der Waals surface area contributed by atoms with Crippen LogP contribution in [0.25, 0.3) is 10.8 Å². The smallest absolute Gasteiger partial charge is 0.270 e. The lowest BCUT2D eigenvalue weighted by molar-refractivity contribution is -0.384. The first-order chi connectivity index (χ1) is 12.0. The highest BCUT2D eigenvalue weighted by Gasteiger charge is 2.10. The summed E-state index contributed by atoms with van der Waals surface area (Å²) in [6, 6.07) is 11.9. The van der Waals surface area contributed by atoms with Crippen LogP contribution in [-0.2, 0) is 6.54 Å². The zero-order chi connectivity index (χ0) is 18.0. The Hall–Kier alpha value is -3.35. The van der Waals surface area contributed by atoms with Crippen LogP contribution in [-0.4, -0.2) is 23.7 Å². The average Bonchev–Trinajstić information content (AvgIpc) is 2.63. The highest BCUT2D eigenvalue weighted by molar-refractivity contribution is 5.83. The summed E-state index contributed by atoms with van der Waals surface area (Å²) in [5.74, 6) is 1.34. The van der Waals surface area contributed by atoms with Crippen molar-refractivity contribution in [2.75, 3.05) is 14.2 Å². The van der Waals surface area contributed by atoms with Crippen molar-refractivity contribution in [1.29, 1.82) is 5.41 Å². The van der Waals surface area contributed by atoms with Crippen molar-refractivity contribution in [2.45, 2.75) is 6.54 Å². The number of nitro groups is 1. The zero-order valence-electron chi connectivity index (χ0n) is 13.9. The summed E-state index contributed by atoms with van der Waals surface area (Å²) in [4.78, 5) is 10.5. The number of non-ortho nitro benzene ring substituents is 1. The SMILES string of the molecule is COc1ccc(Cn2ccc3ccc([N+](=O)[O-])cc3c2=N)c(OC)c1. The van der Waals surface area contributed by atoms with Crippen LogP contribution in [0.2, 0.25) is 0 Å². The highest BCUT2D eigenvalue weighted by Crippen LogP contribution is 2.25. The second-order valence-corrected chi connectivity index (χ2v) is 5.50. The van der Waals surface area contributed by atoms with E-state index in [1.54, 1.807) is 37.1 Å². The summed E-state index contributed by atoms with van der Waals surface area (Å²) in [6.45, 7) is 0.407. The number of rotatable bonds is 5. The second kappa shape index (κ2) is 6.64. The van der Waals surface area contributed by atoms with Gasteiger partial charge in [-0.3, -0.25) is 15.5 Å². The fraction of sp³-hybridized carbons (Fsp3) is 0.167. The molecule has 1 N–H and O–H groups in total. The maximum atomic E-state index is 11.0. The lowest BCUT2D eigenvalue weighted by Crippen LogP contribution is -2.20. The Kier molecular flexibility index (Phi) is 4.38. The van der Waals surface area contributed by atoms with Gasteiger partial charge >= 0.3 is 0 Å². The number of nitrogens with zero attached hydrogens (tertiary/aromatic N) is 2. The van der Waals surface area contributed by atoms with Gasteiger partial charge in [0.1, 0.15) is 17.0 Å². The molecule has 3 aromatic rings. The van der Waals surface area contributed by atoms with E-state index < -0.39 is 4.92 Å². The van der Waals surface area contributed by atoms with Crippen molar-refractivity contribution >= 4 is 16.5 Å². The Morgan fingerprint density at radius 3 is 2.60 bits per heavy atom. The molecule has 0 atom stereocenters. The van der Waals surface area contributed by atoms with E-state index in [4.69, 9.17) is 14.9 Å². The maximum absolute atomic E-state index is 11.0. The Morgan fingerprint density at radius 1 is 1.12 bits per heavy atom. The molecule has 2 aromatic carbocycles. The number of pyridine rings is 1. The predicted octanol–water partition coefficient (Wildman–Crippen LogP) is 3.09. The van der Waals surface area contributed by atoms with Crippen molar-refractivity contribution in [3.63, 3.8) is 0 Å². The molecule has 0 aliphatic carbocycles. The first-order valence-electron chi connectivity index (χ1n) is 7.56. The van der Waals surface area contributed by atoms with Crippen LogP contribution in [0.4, 0.5) is 5.69 Å². The third-order valence-electron chi connectivity index (χ3n) is 4.06. The molecule has 25 heavy (non-hydrogen) atoms. The minimum atomic E-state index is -0.456. The summed E-state index contributed by atoms with van der Waals surface area (Å²) < 4.78 is 12.3. The standard InChI is InChI=1S/C18H17N3O4/c1-24-15-6-4-13(17(10-15)25-2)11-20-8-7-12-3-5-14(21(22)23)9-16(12)18(20)19/h3-10,19H,11H2,1-2H3. The van der Waals surface area contributed by atoms with Crippen LogP contribution >= 0.6 is 0 Å². The molecular weight excluding hydrogens is 322 g/mol. The monoisotopic (exact) mass is 339 g/mol. The summed E-state index contributed by atoms with van der Waals surface area (Å²) in [5, 5.41) is 20.7. The number of methoxy groups -OCH3 is 2. The first kappa shape index (κ1) is 16.5. The molecule has 0 saturated heterocycles. The van der Waals surface area contributed by atoms with E-state index in [2.05, 4.69) is 0 Å². The highest BCUT2D eigenvalue weighted by atomic mass is 16.6. The lowest BCUT2D eigenvalue weighted by atomic mass is 10.1. The molecule has 0 radical (unpaired) electrons. The van der Waals surface area contributed by atoms with E-state index in [0.717, 1.165) is 10.9 Å². The van der Waals surface area contributed by atoms with Crippen molar-refractivity contribution in [1.82, 2.24) is 4.57 Å². The minimum absolute atomic E-state index is 0.0271. The fourth-order valence-electron chi connectivity index (χ4n) is 2.71. The van der Waals surface area contributed by atoms with Gasteiger partial charge < -0.3 is 14.0 Å². The van der Waals surface area contributed by atoms with Gasteiger partial charge in [-0.2, -0.15) is 0 Å². The molecule has 128 valence electrons. The maximum Gasteiger partial charge on any atom is 0.270 e. The number of hydrogen-bond donors (Lipinski definition) is 1. The van der Waals surface area contributed by atoms with Crippen LogP contribution in [0.3, 0.4) is 0 Å². The molecule has 0 amide bonds. The second-order valence-electron chi connectivity index (χ2n) is 5.50. The van der Waals surface area contributed by atoms with Gasteiger partial charge in [-0.15, -0.1) is 0 Å². The van der Waals surface area contributed by atoms with E-state index in [9.17, 15) is 10.1 Å². The van der Waals surface area contributed by atoms with Gasteiger partial charge in [0.15, 0.2) is 0 Å². The van der Waals surface area contributed by atoms with Crippen molar-refractivity contribution in [2.24, 2.45) is 0 Å². The molecular formula is C18H17N3O4. The lowest BCUT2D eigenvalue weighted by Gasteiger charge is -2.13. The Bertz CT molecular complexity index is 1010. The molecule has 0 aliphatic rings. The topological polar surface area (TPSA) is 90.4 Å². The molecule has 7 heteroatoms. The van der Waals surface area contributed by atoms with E-state index in [1.165, 1.54) is 12.1 Å². The minimum Gasteiger partial charge on any atom is -0.497 e. The van der Waals surface area contributed by atoms with Gasteiger partial charge in [0.25, 0.3) is 5.69 Å². The van der Waals surface area contributed by atoms with Gasteiger partial charge in [0, 0.05) is 35.3 Å². The first-order valence-corrected chi connectivity index (χ1v) is 7.56. The Balaban J connectivity index is 2.06. The van der Waals surface area contributed by atoms with Crippen LogP contribution in [0.5, 0.6) is 11.5 Å². The van der Waals surface area contributed by atoms with Gasteiger partial charge in [0.2, 0.25) is 0 Å². The van der Waals surface area contributed by atoms with Crippen LogP contribution in [0.15, 0.2) is 48.7 Å². The number of fused-ring (bicyclic) bond motifs is 1.